The van der Waals surface area contributed by atoms with Gasteiger partial charge in [-0.05, 0) is 35.9 Å². The molecule has 2 amide bonds. The number of para-hydroxylation sites is 1. The zero-order valence-corrected chi connectivity index (χ0v) is 16.1. The van der Waals surface area contributed by atoms with Crippen molar-refractivity contribution >= 4 is 23.1 Å². The van der Waals surface area contributed by atoms with Crippen LogP contribution < -0.4 is 10.1 Å². The molecular weight excluding hydrogens is 385 g/mol. The quantitative estimate of drug-likeness (QED) is 0.637. The molecule has 0 radical (unpaired) electrons. The second-order valence-corrected chi connectivity index (χ2v) is 6.64. The molecule has 3 aromatic rings. The Morgan fingerprint density at radius 2 is 1.87 bits per heavy atom. The third-order valence-corrected chi connectivity index (χ3v) is 4.70. The third kappa shape index (κ3) is 3.65. The van der Waals surface area contributed by atoms with Crippen molar-refractivity contribution in [3.63, 3.8) is 0 Å². The van der Waals surface area contributed by atoms with Crippen molar-refractivity contribution in [2.75, 3.05) is 12.4 Å². The van der Waals surface area contributed by atoms with Crippen molar-refractivity contribution in [2.45, 2.75) is 6.54 Å². The molecule has 2 aromatic carbocycles. The molecule has 0 spiro atoms. The van der Waals surface area contributed by atoms with Crippen molar-refractivity contribution in [2.24, 2.45) is 0 Å². The second kappa shape index (κ2) is 8.16. The summed E-state index contributed by atoms with van der Waals surface area (Å²) in [5.74, 6) is -0.972. The minimum atomic E-state index is -0.506. The highest BCUT2D eigenvalue weighted by atomic mass is 19.1. The Balaban J connectivity index is 1.79. The molecule has 0 saturated heterocycles. The van der Waals surface area contributed by atoms with Gasteiger partial charge in [0.1, 0.15) is 17.3 Å². The SMILES string of the molecule is COc1ccccc1C1=C(Nc2cccc(F)c2)C(=O)N(Cc2cccnc2)C1=O. The molecule has 2 heterocycles. The second-order valence-electron chi connectivity index (χ2n) is 6.64. The summed E-state index contributed by atoms with van der Waals surface area (Å²) in [4.78, 5) is 31.7. The number of benzene rings is 2. The van der Waals surface area contributed by atoms with E-state index in [0.717, 1.165) is 4.90 Å². The van der Waals surface area contributed by atoms with Crippen LogP contribution in [0.5, 0.6) is 5.75 Å². The molecule has 6 nitrogen and oxygen atoms in total. The standard InChI is InChI=1S/C23H18FN3O3/c1-30-19-10-3-2-9-18(19)20-21(26-17-8-4-7-16(24)12-17)23(29)27(22(20)28)14-15-6-5-11-25-13-15/h2-13,26H,14H2,1H3. The topological polar surface area (TPSA) is 71.5 Å². The van der Waals surface area contributed by atoms with Crippen molar-refractivity contribution in [1.29, 1.82) is 0 Å². The maximum absolute atomic E-state index is 13.7. The molecular formula is C23H18FN3O3. The summed E-state index contributed by atoms with van der Waals surface area (Å²) in [6.07, 6.45) is 3.22. The number of imide groups is 1. The number of carbonyl (C=O) groups excluding carboxylic acids is 2. The van der Waals surface area contributed by atoms with E-state index in [1.165, 1.54) is 25.3 Å². The lowest BCUT2D eigenvalue weighted by molar-refractivity contribution is -0.137. The fourth-order valence-corrected chi connectivity index (χ4v) is 3.32. The lowest BCUT2D eigenvalue weighted by Gasteiger charge is -2.15. The summed E-state index contributed by atoms with van der Waals surface area (Å²) in [7, 11) is 1.49. The fraction of sp³-hybridized carbons (Fsp3) is 0.0870. The third-order valence-electron chi connectivity index (χ3n) is 4.70. The maximum Gasteiger partial charge on any atom is 0.278 e. The summed E-state index contributed by atoms with van der Waals surface area (Å²) in [5, 5.41) is 2.93. The van der Waals surface area contributed by atoms with Gasteiger partial charge in [0.2, 0.25) is 0 Å². The first-order chi connectivity index (χ1) is 14.6. The van der Waals surface area contributed by atoms with Crippen LogP contribution in [-0.2, 0) is 16.1 Å². The summed E-state index contributed by atoms with van der Waals surface area (Å²) in [5.41, 5.74) is 1.79. The van der Waals surface area contributed by atoms with Crippen molar-refractivity contribution in [1.82, 2.24) is 9.88 Å². The van der Waals surface area contributed by atoms with Gasteiger partial charge >= 0.3 is 0 Å². The normalized spacial score (nSPS) is 13.7. The molecule has 1 aliphatic heterocycles. The summed E-state index contributed by atoms with van der Waals surface area (Å²) >= 11 is 0. The average Bonchev–Trinajstić information content (AvgIpc) is 2.98. The highest BCUT2D eigenvalue weighted by Gasteiger charge is 2.40. The van der Waals surface area contributed by atoms with Crippen LogP contribution in [0, 0.1) is 5.82 Å². The zero-order chi connectivity index (χ0) is 21.1. The van der Waals surface area contributed by atoms with Crippen molar-refractivity contribution < 1.29 is 18.7 Å². The average molecular weight is 403 g/mol. The zero-order valence-electron chi connectivity index (χ0n) is 16.1. The van der Waals surface area contributed by atoms with E-state index in [1.807, 2.05) is 0 Å². The Morgan fingerprint density at radius 1 is 1.03 bits per heavy atom. The van der Waals surface area contributed by atoms with Crippen LogP contribution in [-0.4, -0.2) is 28.8 Å². The van der Waals surface area contributed by atoms with E-state index in [2.05, 4.69) is 10.3 Å². The van der Waals surface area contributed by atoms with E-state index >= 15 is 0 Å². The smallest absolute Gasteiger partial charge is 0.278 e. The molecule has 0 atom stereocenters. The number of halogens is 1. The van der Waals surface area contributed by atoms with Gasteiger partial charge in [0.05, 0.1) is 19.2 Å². The lowest BCUT2D eigenvalue weighted by atomic mass is 10.0. The van der Waals surface area contributed by atoms with Gasteiger partial charge in [0, 0.05) is 23.6 Å². The van der Waals surface area contributed by atoms with Gasteiger partial charge in [-0.25, -0.2) is 4.39 Å². The summed E-state index contributed by atoms with van der Waals surface area (Å²) in [6.45, 7) is 0.0679. The number of methoxy groups -OCH3 is 1. The Labute approximate surface area is 172 Å². The molecule has 30 heavy (non-hydrogen) atoms. The van der Waals surface area contributed by atoms with E-state index in [1.54, 1.807) is 54.9 Å². The molecule has 7 heteroatoms. The summed E-state index contributed by atoms with van der Waals surface area (Å²) < 4.78 is 19.1. The van der Waals surface area contributed by atoms with Crippen LogP contribution in [0.3, 0.4) is 0 Å². The van der Waals surface area contributed by atoms with Gasteiger partial charge in [-0.15, -0.1) is 0 Å². The van der Waals surface area contributed by atoms with Crippen LogP contribution >= 0.6 is 0 Å². The van der Waals surface area contributed by atoms with Crippen LogP contribution in [0.15, 0.2) is 78.8 Å². The maximum atomic E-state index is 13.7. The minimum absolute atomic E-state index is 0.0679. The molecule has 0 fully saturated rings. The number of carbonyl (C=O) groups is 2. The van der Waals surface area contributed by atoms with Gasteiger partial charge in [0.15, 0.2) is 0 Å². The van der Waals surface area contributed by atoms with Crippen LogP contribution in [0.4, 0.5) is 10.1 Å². The molecule has 1 N–H and O–H groups in total. The first kappa shape index (κ1) is 19.3. The largest absolute Gasteiger partial charge is 0.496 e. The number of aromatic nitrogens is 1. The van der Waals surface area contributed by atoms with Crippen molar-refractivity contribution in [3.05, 3.63) is 95.7 Å². The number of hydrogen-bond donors (Lipinski definition) is 1. The predicted molar refractivity (Wildman–Crippen MR) is 110 cm³/mol. The molecule has 150 valence electrons. The molecule has 0 unspecified atom stereocenters. The monoisotopic (exact) mass is 403 g/mol. The summed E-state index contributed by atoms with van der Waals surface area (Å²) in [6, 6.07) is 16.2. The van der Waals surface area contributed by atoms with Gasteiger partial charge in [0.25, 0.3) is 11.8 Å². The molecule has 0 saturated carbocycles. The number of ether oxygens (including phenoxy) is 1. The molecule has 0 aliphatic carbocycles. The van der Waals surface area contributed by atoms with E-state index in [4.69, 9.17) is 4.74 Å². The van der Waals surface area contributed by atoms with Gasteiger partial charge in [-0.3, -0.25) is 19.5 Å². The Morgan fingerprint density at radius 3 is 2.60 bits per heavy atom. The molecule has 1 aromatic heterocycles. The van der Waals surface area contributed by atoms with Gasteiger partial charge in [-0.2, -0.15) is 0 Å². The van der Waals surface area contributed by atoms with E-state index in [-0.39, 0.29) is 17.8 Å². The van der Waals surface area contributed by atoms with E-state index < -0.39 is 17.6 Å². The van der Waals surface area contributed by atoms with E-state index in [9.17, 15) is 14.0 Å². The van der Waals surface area contributed by atoms with Crippen LogP contribution in [0.25, 0.3) is 5.57 Å². The van der Waals surface area contributed by atoms with Gasteiger partial charge < -0.3 is 10.1 Å². The van der Waals surface area contributed by atoms with Crippen LogP contribution in [0.1, 0.15) is 11.1 Å². The number of hydrogen-bond acceptors (Lipinski definition) is 5. The fourth-order valence-electron chi connectivity index (χ4n) is 3.32. The highest BCUT2D eigenvalue weighted by molar-refractivity contribution is 6.36. The Kier molecular flexibility index (Phi) is 5.26. The predicted octanol–water partition coefficient (Wildman–Crippen LogP) is 3.62. The first-order valence-corrected chi connectivity index (χ1v) is 9.24. The molecule has 4 rings (SSSR count). The number of nitrogens with one attached hydrogen (secondary N) is 1. The number of rotatable bonds is 6. The lowest BCUT2D eigenvalue weighted by Crippen LogP contribution is -2.32. The number of anilines is 1. The Bertz CT molecular complexity index is 1150. The minimum Gasteiger partial charge on any atom is -0.496 e. The van der Waals surface area contributed by atoms with Gasteiger partial charge in [-0.1, -0.05) is 30.3 Å². The number of amides is 2. The van der Waals surface area contributed by atoms with E-state index in [0.29, 0.717) is 22.6 Å². The molecule has 0 bridgehead atoms. The Hall–Kier alpha value is -4.00. The number of pyridine rings is 1. The number of nitrogens with zero attached hydrogens (tertiary/aromatic N) is 2. The van der Waals surface area contributed by atoms with Crippen LogP contribution in [0.2, 0.25) is 0 Å². The first-order valence-electron chi connectivity index (χ1n) is 9.24. The molecule has 1 aliphatic rings. The van der Waals surface area contributed by atoms with Crippen molar-refractivity contribution in [3.8, 4) is 5.75 Å². The highest BCUT2D eigenvalue weighted by Crippen LogP contribution is 2.35.